The largest absolute Gasteiger partial charge is 0.459 e. The Morgan fingerprint density at radius 1 is 1.10 bits per heavy atom. The molecule has 1 aliphatic heterocycles. The van der Waals surface area contributed by atoms with Crippen LogP contribution >= 0.6 is 24.0 Å². The molecule has 8 nitrogen and oxygen atoms in total. The van der Waals surface area contributed by atoms with Crippen molar-refractivity contribution in [2.24, 2.45) is 4.99 Å². The molecule has 158 valence electrons. The van der Waals surface area contributed by atoms with Gasteiger partial charge in [-0.05, 0) is 12.1 Å². The van der Waals surface area contributed by atoms with Crippen LogP contribution in [0.3, 0.4) is 0 Å². The maximum Gasteiger partial charge on any atom is 0.289 e. The van der Waals surface area contributed by atoms with Crippen molar-refractivity contribution in [3.63, 3.8) is 0 Å². The summed E-state index contributed by atoms with van der Waals surface area (Å²) in [5.41, 5.74) is 1.80. The number of hydrogen-bond acceptors (Lipinski definition) is 5. The van der Waals surface area contributed by atoms with Gasteiger partial charge in [-0.15, -0.1) is 24.0 Å². The second kappa shape index (κ2) is 10.3. The molecule has 0 bridgehead atoms. The molecule has 4 rings (SSSR count). The van der Waals surface area contributed by atoms with Crippen LogP contribution in [0.15, 0.2) is 68.7 Å². The lowest BCUT2D eigenvalue weighted by Gasteiger charge is -2.36. The zero-order valence-corrected chi connectivity index (χ0v) is 19.0. The monoisotopic (exact) mass is 521 g/mol. The maximum atomic E-state index is 12.4. The van der Waals surface area contributed by atoms with E-state index in [9.17, 15) is 4.79 Å². The Morgan fingerprint density at radius 3 is 2.50 bits per heavy atom. The third kappa shape index (κ3) is 5.02. The smallest absolute Gasteiger partial charge is 0.289 e. The van der Waals surface area contributed by atoms with Crippen molar-refractivity contribution in [2.75, 3.05) is 33.2 Å². The fourth-order valence-electron chi connectivity index (χ4n) is 3.31. The molecule has 1 aromatic carbocycles. The van der Waals surface area contributed by atoms with Crippen LogP contribution in [-0.4, -0.2) is 60.0 Å². The average molecular weight is 521 g/mol. The van der Waals surface area contributed by atoms with E-state index in [1.165, 1.54) is 6.26 Å². The molecule has 0 spiro atoms. The number of benzene rings is 1. The van der Waals surface area contributed by atoms with E-state index in [2.05, 4.69) is 20.4 Å². The van der Waals surface area contributed by atoms with Gasteiger partial charge in [-0.3, -0.25) is 9.79 Å². The second-order valence-corrected chi connectivity index (χ2v) is 6.71. The minimum atomic E-state index is -0.0753. The molecule has 1 amide bonds. The lowest BCUT2D eigenvalue weighted by molar-refractivity contribution is 0.0657. The molecule has 30 heavy (non-hydrogen) atoms. The molecule has 2 aromatic heterocycles. The van der Waals surface area contributed by atoms with E-state index < -0.39 is 0 Å². The number of amides is 1. The maximum absolute atomic E-state index is 12.4. The zero-order valence-electron chi connectivity index (χ0n) is 16.7. The molecule has 3 heterocycles. The molecule has 1 fully saturated rings. The molecule has 1 saturated heterocycles. The number of carbonyl (C=O) groups excluding carboxylic acids is 1. The Labute approximate surface area is 191 Å². The molecule has 1 aliphatic rings. The number of halogens is 1. The van der Waals surface area contributed by atoms with Crippen LogP contribution in [0.5, 0.6) is 0 Å². The van der Waals surface area contributed by atoms with Crippen molar-refractivity contribution in [2.45, 2.75) is 6.54 Å². The number of furan rings is 1. The topological polar surface area (TPSA) is 87.1 Å². The van der Waals surface area contributed by atoms with Crippen LogP contribution in [0, 0.1) is 0 Å². The Kier molecular flexibility index (Phi) is 7.50. The molecule has 1 N–H and O–H groups in total. The SMILES string of the molecule is CN=C(NCc1cc(-c2ccccc2)on1)N1CCN(C(=O)c2ccco2)CC1.I. The molecule has 0 radical (unpaired) electrons. The van der Waals surface area contributed by atoms with Gasteiger partial charge in [0.15, 0.2) is 17.5 Å². The average Bonchev–Trinajstić information content (AvgIpc) is 3.47. The third-order valence-electron chi connectivity index (χ3n) is 4.86. The van der Waals surface area contributed by atoms with Crippen LogP contribution in [-0.2, 0) is 6.54 Å². The molecular formula is C21H24IN5O3. The lowest BCUT2D eigenvalue weighted by Crippen LogP contribution is -2.53. The molecule has 0 saturated carbocycles. The number of nitrogens with zero attached hydrogens (tertiary/aromatic N) is 4. The highest BCUT2D eigenvalue weighted by Crippen LogP contribution is 2.19. The van der Waals surface area contributed by atoms with E-state index in [1.54, 1.807) is 24.1 Å². The van der Waals surface area contributed by atoms with Crippen LogP contribution < -0.4 is 5.32 Å². The Hall–Kier alpha value is -2.82. The summed E-state index contributed by atoms with van der Waals surface area (Å²) >= 11 is 0. The number of carbonyl (C=O) groups is 1. The molecule has 0 atom stereocenters. The summed E-state index contributed by atoms with van der Waals surface area (Å²) in [5, 5.41) is 7.46. The highest BCUT2D eigenvalue weighted by Gasteiger charge is 2.25. The summed E-state index contributed by atoms with van der Waals surface area (Å²) in [6.07, 6.45) is 1.52. The van der Waals surface area contributed by atoms with Gasteiger partial charge in [0.25, 0.3) is 5.91 Å². The minimum Gasteiger partial charge on any atom is -0.459 e. The van der Waals surface area contributed by atoms with Gasteiger partial charge in [-0.2, -0.15) is 0 Å². The summed E-state index contributed by atoms with van der Waals surface area (Å²) in [7, 11) is 1.75. The summed E-state index contributed by atoms with van der Waals surface area (Å²) in [6, 6.07) is 15.2. The fourth-order valence-corrected chi connectivity index (χ4v) is 3.31. The van der Waals surface area contributed by atoms with Crippen LogP contribution in [0.25, 0.3) is 11.3 Å². The highest BCUT2D eigenvalue weighted by molar-refractivity contribution is 14.0. The van der Waals surface area contributed by atoms with Crippen molar-refractivity contribution in [3.05, 3.63) is 66.2 Å². The first-order valence-electron chi connectivity index (χ1n) is 9.54. The second-order valence-electron chi connectivity index (χ2n) is 6.71. The van der Waals surface area contributed by atoms with E-state index in [-0.39, 0.29) is 29.9 Å². The summed E-state index contributed by atoms with van der Waals surface area (Å²) in [4.78, 5) is 20.7. The molecule has 9 heteroatoms. The molecule has 0 unspecified atom stereocenters. The fraction of sp³-hybridized carbons (Fsp3) is 0.286. The van der Waals surface area contributed by atoms with Crippen molar-refractivity contribution < 1.29 is 13.7 Å². The van der Waals surface area contributed by atoms with E-state index in [0.29, 0.717) is 38.5 Å². The normalized spacial score (nSPS) is 14.4. The quantitative estimate of drug-likeness (QED) is 0.323. The number of rotatable bonds is 4. The van der Waals surface area contributed by atoms with E-state index in [1.807, 2.05) is 36.4 Å². The molecule has 0 aliphatic carbocycles. The predicted molar refractivity (Wildman–Crippen MR) is 124 cm³/mol. The molecule has 3 aromatic rings. The third-order valence-corrected chi connectivity index (χ3v) is 4.86. The van der Waals surface area contributed by atoms with Crippen LogP contribution in [0.2, 0.25) is 0 Å². The summed E-state index contributed by atoms with van der Waals surface area (Å²) < 4.78 is 10.7. The lowest BCUT2D eigenvalue weighted by atomic mass is 10.2. The number of nitrogens with one attached hydrogen (secondary N) is 1. The number of aliphatic imine (C=N–C) groups is 1. The molecular weight excluding hydrogens is 497 g/mol. The number of piperazine rings is 1. The number of hydrogen-bond donors (Lipinski definition) is 1. The van der Waals surface area contributed by atoms with Gasteiger partial charge >= 0.3 is 0 Å². The first kappa shape index (κ1) is 21.9. The van der Waals surface area contributed by atoms with Crippen LogP contribution in [0.4, 0.5) is 0 Å². The minimum absolute atomic E-state index is 0. The van der Waals surface area contributed by atoms with Crippen molar-refractivity contribution in [1.29, 1.82) is 0 Å². The van der Waals surface area contributed by atoms with Crippen LogP contribution in [0.1, 0.15) is 16.2 Å². The Balaban J connectivity index is 0.00000256. The highest BCUT2D eigenvalue weighted by atomic mass is 127. The van der Waals surface area contributed by atoms with Crippen molar-refractivity contribution in [1.82, 2.24) is 20.3 Å². The Bertz CT molecular complexity index is 964. The summed E-state index contributed by atoms with van der Waals surface area (Å²) in [6.45, 7) is 3.12. The van der Waals surface area contributed by atoms with Gasteiger partial charge in [0.1, 0.15) is 5.69 Å². The standard InChI is InChI=1S/C21H23N5O3.HI/c1-22-21(23-15-17-14-19(29-24-17)16-6-3-2-4-7-16)26-11-9-25(10-12-26)20(27)18-8-5-13-28-18;/h2-8,13-14H,9-12,15H2,1H3,(H,22,23);1H. The Morgan fingerprint density at radius 2 is 1.83 bits per heavy atom. The number of aromatic nitrogens is 1. The van der Waals surface area contributed by atoms with Gasteiger partial charge in [0.05, 0.1) is 12.8 Å². The predicted octanol–water partition coefficient (Wildman–Crippen LogP) is 3.09. The van der Waals surface area contributed by atoms with E-state index in [4.69, 9.17) is 8.94 Å². The van der Waals surface area contributed by atoms with Crippen molar-refractivity contribution in [3.8, 4) is 11.3 Å². The van der Waals surface area contributed by atoms with E-state index in [0.717, 1.165) is 23.0 Å². The summed E-state index contributed by atoms with van der Waals surface area (Å²) in [5.74, 6) is 1.82. The van der Waals surface area contributed by atoms with Gasteiger partial charge < -0.3 is 24.1 Å². The zero-order chi connectivity index (χ0) is 20.1. The van der Waals surface area contributed by atoms with Gasteiger partial charge in [0, 0.05) is 44.9 Å². The van der Waals surface area contributed by atoms with Crippen molar-refractivity contribution >= 4 is 35.8 Å². The first-order valence-corrected chi connectivity index (χ1v) is 9.54. The first-order chi connectivity index (χ1) is 14.2. The van der Waals surface area contributed by atoms with E-state index >= 15 is 0 Å². The van der Waals surface area contributed by atoms with Gasteiger partial charge in [0.2, 0.25) is 0 Å². The van der Waals surface area contributed by atoms with Gasteiger partial charge in [-0.1, -0.05) is 35.5 Å². The number of guanidine groups is 1. The van der Waals surface area contributed by atoms with Gasteiger partial charge in [-0.25, -0.2) is 0 Å².